The molecule has 1 saturated heterocycles. The maximum atomic E-state index is 13.4. The number of hydrogen-bond donors (Lipinski definition) is 0. The lowest BCUT2D eigenvalue weighted by molar-refractivity contribution is -0.119. The Labute approximate surface area is 170 Å². The summed E-state index contributed by atoms with van der Waals surface area (Å²) < 4.78 is 58.8. The molecule has 0 radical (unpaired) electrons. The van der Waals surface area contributed by atoms with Gasteiger partial charge in [0.05, 0.1) is 30.2 Å². The van der Waals surface area contributed by atoms with Crippen LogP contribution < -0.4 is 13.3 Å². The first-order valence-electron chi connectivity index (χ1n) is 8.96. The standard InChI is InChI=1S/C19H22N2O6S2/c1-4-20(15-8-6-5-7-9-15)29(25,26)18-12-16(10-11-17(18)27-3)21-19(22)14(2)13-28(21,23)24/h5-12,14H,4,13H2,1-3H3. The predicted octanol–water partition coefficient (Wildman–Crippen LogP) is 2.22. The van der Waals surface area contributed by atoms with E-state index in [1.54, 1.807) is 37.3 Å². The molecule has 2 aromatic rings. The number of nitrogens with zero attached hydrogens (tertiary/aromatic N) is 2. The number of benzene rings is 2. The van der Waals surface area contributed by atoms with E-state index in [4.69, 9.17) is 4.74 Å². The van der Waals surface area contributed by atoms with Crippen LogP contribution in [0, 0.1) is 5.92 Å². The number of hydrogen-bond acceptors (Lipinski definition) is 6. The molecule has 1 heterocycles. The Morgan fingerprint density at radius 2 is 1.83 bits per heavy atom. The molecule has 1 aliphatic heterocycles. The van der Waals surface area contributed by atoms with Crippen LogP contribution in [-0.2, 0) is 24.8 Å². The minimum atomic E-state index is -4.09. The smallest absolute Gasteiger partial charge is 0.268 e. The summed E-state index contributed by atoms with van der Waals surface area (Å²) in [5, 5.41) is 0. The van der Waals surface area contributed by atoms with Gasteiger partial charge < -0.3 is 4.74 Å². The molecule has 29 heavy (non-hydrogen) atoms. The van der Waals surface area contributed by atoms with Gasteiger partial charge >= 0.3 is 0 Å². The van der Waals surface area contributed by atoms with Crippen molar-refractivity contribution in [3.63, 3.8) is 0 Å². The molecule has 3 rings (SSSR count). The van der Waals surface area contributed by atoms with Crippen molar-refractivity contribution in [2.45, 2.75) is 18.7 Å². The molecule has 1 atom stereocenters. The van der Waals surface area contributed by atoms with Gasteiger partial charge in [-0.3, -0.25) is 9.10 Å². The van der Waals surface area contributed by atoms with Crippen molar-refractivity contribution in [3.8, 4) is 5.75 Å². The Morgan fingerprint density at radius 1 is 1.17 bits per heavy atom. The number of methoxy groups -OCH3 is 1. The quantitative estimate of drug-likeness (QED) is 0.685. The molecule has 156 valence electrons. The second-order valence-corrected chi connectivity index (χ2v) is 10.3. The molecule has 0 spiro atoms. The summed E-state index contributed by atoms with van der Waals surface area (Å²) in [6.07, 6.45) is 0. The van der Waals surface area contributed by atoms with Gasteiger partial charge in [0.25, 0.3) is 10.0 Å². The number of sulfonamides is 2. The Morgan fingerprint density at radius 3 is 2.34 bits per heavy atom. The third-order valence-corrected chi connectivity index (χ3v) is 8.43. The molecule has 0 bridgehead atoms. The molecule has 2 aromatic carbocycles. The van der Waals surface area contributed by atoms with Crippen LogP contribution in [0.4, 0.5) is 11.4 Å². The summed E-state index contributed by atoms with van der Waals surface area (Å²) in [6, 6.07) is 12.4. The molecule has 8 nitrogen and oxygen atoms in total. The molecular weight excluding hydrogens is 416 g/mol. The molecule has 1 amide bonds. The second kappa shape index (κ2) is 7.68. The summed E-state index contributed by atoms with van der Waals surface area (Å²) in [5.41, 5.74) is 0.434. The lowest BCUT2D eigenvalue weighted by atomic mass is 10.2. The summed E-state index contributed by atoms with van der Waals surface area (Å²) in [6.45, 7) is 3.37. The van der Waals surface area contributed by atoms with Crippen molar-refractivity contribution in [2.75, 3.05) is 28.0 Å². The van der Waals surface area contributed by atoms with E-state index in [0.29, 0.717) is 9.99 Å². The molecule has 1 fully saturated rings. The van der Waals surface area contributed by atoms with Crippen LogP contribution >= 0.6 is 0 Å². The number of anilines is 2. The highest BCUT2D eigenvalue weighted by Gasteiger charge is 2.42. The van der Waals surface area contributed by atoms with Crippen molar-refractivity contribution >= 4 is 37.3 Å². The number of carbonyl (C=O) groups is 1. The van der Waals surface area contributed by atoms with E-state index in [9.17, 15) is 21.6 Å². The van der Waals surface area contributed by atoms with Crippen LogP contribution in [-0.4, -0.2) is 42.2 Å². The van der Waals surface area contributed by atoms with Gasteiger partial charge in [-0.1, -0.05) is 25.1 Å². The summed E-state index contributed by atoms with van der Waals surface area (Å²) in [7, 11) is -6.63. The molecule has 1 unspecified atom stereocenters. The maximum Gasteiger partial charge on any atom is 0.268 e. The second-order valence-electron chi connectivity index (χ2n) is 6.62. The van der Waals surface area contributed by atoms with Crippen LogP contribution in [0.5, 0.6) is 5.75 Å². The maximum absolute atomic E-state index is 13.4. The van der Waals surface area contributed by atoms with Gasteiger partial charge in [-0.15, -0.1) is 0 Å². The average molecular weight is 439 g/mol. The van der Waals surface area contributed by atoms with Gasteiger partial charge in [0.1, 0.15) is 10.6 Å². The zero-order valence-corrected chi connectivity index (χ0v) is 17.9. The van der Waals surface area contributed by atoms with Crippen molar-refractivity contribution in [1.29, 1.82) is 0 Å². The largest absolute Gasteiger partial charge is 0.495 e. The van der Waals surface area contributed by atoms with Gasteiger partial charge in [0.15, 0.2) is 0 Å². The SMILES string of the molecule is CCN(c1ccccc1)S(=O)(=O)c1cc(N2C(=O)C(C)CS2(=O)=O)ccc1OC. The van der Waals surface area contributed by atoms with E-state index in [2.05, 4.69) is 0 Å². The Balaban J connectivity index is 2.16. The highest BCUT2D eigenvalue weighted by molar-refractivity contribution is 7.94. The van der Waals surface area contributed by atoms with Crippen LogP contribution in [0.1, 0.15) is 13.8 Å². The number of para-hydroxylation sites is 1. The molecule has 0 aromatic heterocycles. The molecule has 10 heteroatoms. The summed E-state index contributed by atoms with van der Waals surface area (Å²) >= 11 is 0. The van der Waals surface area contributed by atoms with Crippen LogP contribution in [0.2, 0.25) is 0 Å². The number of carbonyl (C=O) groups excluding carboxylic acids is 1. The van der Waals surface area contributed by atoms with Crippen molar-refractivity contribution in [3.05, 3.63) is 48.5 Å². The van der Waals surface area contributed by atoms with Gasteiger partial charge in [0.2, 0.25) is 15.9 Å². The predicted molar refractivity (Wildman–Crippen MR) is 110 cm³/mol. The highest BCUT2D eigenvalue weighted by atomic mass is 32.2. The highest BCUT2D eigenvalue weighted by Crippen LogP contribution is 2.36. The van der Waals surface area contributed by atoms with Crippen molar-refractivity contribution in [1.82, 2.24) is 0 Å². The first-order chi connectivity index (χ1) is 13.6. The topological polar surface area (TPSA) is 101 Å². The fraction of sp³-hybridized carbons (Fsp3) is 0.316. The molecule has 0 aliphatic carbocycles. The van der Waals surface area contributed by atoms with Gasteiger partial charge in [-0.25, -0.2) is 21.1 Å². The summed E-state index contributed by atoms with van der Waals surface area (Å²) in [4.78, 5) is 12.2. The minimum Gasteiger partial charge on any atom is -0.495 e. The normalized spacial score (nSPS) is 18.7. The third kappa shape index (κ3) is 3.69. The molecule has 0 N–H and O–H groups in total. The summed E-state index contributed by atoms with van der Waals surface area (Å²) in [5.74, 6) is -1.54. The van der Waals surface area contributed by atoms with Gasteiger partial charge in [-0.2, -0.15) is 0 Å². The lowest BCUT2D eigenvalue weighted by Crippen LogP contribution is -2.32. The molecule has 0 saturated carbocycles. The molecule has 1 aliphatic rings. The fourth-order valence-corrected chi connectivity index (χ4v) is 6.75. The zero-order chi connectivity index (χ0) is 21.4. The van der Waals surface area contributed by atoms with Crippen LogP contribution in [0.25, 0.3) is 0 Å². The van der Waals surface area contributed by atoms with Crippen molar-refractivity contribution in [2.24, 2.45) is 5.92 Å². The molecular formula is C19H22N2O6S2. The van der Waals surface area contributed by atoms with E-state index in [1.807, 2.05) is 0 Å². The van der Waals surface area contributed by atoms with Gasteiger partial charge in [-0.05, 0) is 37.3 Å². The van der Waals surface area contributed by atoms with E-state index < -0.39 is 31.9 Å². The van der Waals surface area contributed by atoms with Crippen LogP contribution in [0.3, 0.4) is 0 Å². The third-order valence-electron chi connectivity index (χ3n) is 4.64. The zero-order valence-electron chi connectivity index (χ0n) is 16.3. The monoisotopic (exact) mass is 438 g/mol. The first kappa shape index (κ1) is 21.1. The minimum absolute atomic E-state index is 0.0251. The number of ether oxygens (including phenoxy) is 1. The van der Waals surface area contributed by atoms with Crippen molar-refractivity contribution < 1.29 is 26.4 Å². The van der Waals surface area contributed by atoms with E-state index in [-0.39, 0.29) is 28.6 Å². The number of amides is 1. The lowest BCUT2D eigenvalue weighted by Gasteiger charge is -2.25. The first-order valence-corrected chi connectivity index (χ1v) is 12.0. The van der Waals surface area contributed by atoms with Gasteiger partial charge in [0, 0.05) is 6.54 Å². The Kier molecular flexibility index (Phi) is 5.59. The fourth-order valence-electron chi connectivity index (χ4n) is 3.28. The van der Waals surface area contributed by atoms with Crippen LogP contribution in [0.15, 0.2) is 53.4 Å². The average Bonchev–Trinajstić information content (AvgIpc) is 2.89. The number of rotatable bonds is 6. The Bertz CT molecular complexity index is 1130. The van der Waals surface area contributed by atoms with E-state index >= 15 is 0 Å². The van der Waals surface area contributed by atoms with E-state index in [0.717, 1.165) is 0 Å². The Hall–Kier alpha value is -2.59. The van der Waals surface area contributed by atoms with E-state index in [1.165, 1.54) is 36.5 Å².